The number of halogens is 1. The molecule has 1 aliphatic rings. The smallest absolute Gasteiger partial charge is 0.167 e. The Kier molecular flexibility index (Phi) is 2.90. The SMILES string of the molecule is ONCc1c(Br)ccc2c1OCCO2. The minimum atomic E-state index is 0.327. The first-order valence-electron chi connectivity index (χ1n) is 4.27. The van der Waals surface area contributed by atoms with E-state index in [9.17, 15) is 0 Å². The molecule has 76 valence electrons. The van der Waals surface area contributed by atoms with Crippen LogP contribution in [0.25, 0.3) is 0 Å². The Labute approximate surface area is 89.9 Å². The molecule has 0 fully saturated rings. The number of rotatable bonds is 2. The van der Waals surface area contributed by atoms with Crippen LogP contribution in [0.1, 0.15) is 5.56 Å². The van der Waals surface area contributed by atoms with E-state index in [-0.39, 0.29) is 0 Å². The molecule has 1 aromatic rings. The molecule has 2 N–H and O–H groups in total. The second kappa shape index (κ2) is 4.16. The fourth-order valence-electron chi connectivity index (χ4n) is 1.39. The molecule has 0 spiro atoms. The van der Waals surface area contributed by atoms with Gasteiger partial charge in [-0.15, -0.1) is 0 Å². The lowest BCUT2D eigenvalue weighted by molar-refractivity contribution is 0.150. The van der Waals surface area contributed by atoms with Crippen molar-refractivity contribution in [3.8, 4) is 11.5 Å². The molecular formula is C9H10BrNO3. The zero-order valence-electron chi connectivity index (χ0n) is 7.42. The van der Waals surface area contributed by atoms with E-state index in [0.29, 0.717) is 25.5 Å². The lowest BCUT2D eigenvalue weighted by atomic mass is 10.2. The van der Waals surface area contributed by atoms with Gasteiger partial charge in [-0.1, -0.05) is 15.9 Å². The molecule has 0 bridgehead atoms. The van der Waals surface area contributed by atoms with Gasteiger partial charge >= 0.3 is 0 Å². The average Bonchev–Trinajstić information content (AvgIpc) is 2.23. The summed E-state index contributed by atoms with van der Waals surface area (Å²) in [6.45, 7) is 1.44. The van der Waals surface area contributed by atoms with Crippen LogP contribution in [-0.4, -0.2) is 18.4 Å². The molecule has 1 aliphatic heterocycles. The van der Waals surface area contributed by atoms with Crippen LogP contribution in [0.4, 0.5) is 0 Å². The highest BCUT2D eigenvalue weighted by Crippen LogP contribution is 2.37. The summed E-state index contributed by atoms with van der Waals surface area (Å²) in [5, 5.41) is 8.68. The van der Waals surface area contributed by atoms with Crippen LogP contribution in [0.2, 0.25) is 0 Å². The third-order valence-electron chi connectivity index (χ3n) is 2.01. The predicted molar refractivity (Wildman–Crippen MR) is 53.8 cm³/mol. The van der Waals surface area contributed by atoms with Crippen molar-refractivity contribution in [1.82, 2.24) is 5.48 Å². The number of benzene rings is 1. The van der Waals surface area contributed by atoms with Crippen molar-refractivity contribution in [2.45, 2.75) is 6.54 Å². The average molecular weight is 260 g/mol. The van der Waals surface area contributed by atoms with Crippen molar-refractivity contribution in [1.29, 1.82) is 0 Å². The summed E-state index contributed by atoms with van der Waals surface area (Å²) in [6, 6.07) is 3.72. The quantitative estimate of drug-likeness (QED) is 0.794. The highest BCUT2D eigenvalue weighted by molar-refractivity contribution is 9.10. The van der Waals surface area contributed by atoms with E-state index in [2.05, 4.69) is 21.4 Å². The van der Waals surface area contributed by atoms with Gasteiger partial charge in [0, 0.05) is 10.0 Å². The van der Waals surface area contributed by atoms with E-state index < -0.39 is 0 Å². The molecule has 4 nitrogen and oxygen atoms in total. The summed E-state index contributed by atoms with van der Waals surface area (Å²) in [5.41, 5.74) is 2.97. The molecule has 0 radical (unpaired) electrons. The number of hydroxylamine groups is 1. The van der Waals surface area contributed by atoms with Crippen LogP contribution in [0.5, 0.6) is 11.5 Å². The summed E-state index contributed by atoms with van der Waals surface area (Å²) in [6.07, 6.45) is 0. The first-order chi connectivity index (χ1) is 6.83. The molecule has 0 aliphatic carbocycles. The third-order valence-corrected chi connectivity index (χ3v) is 2.75. The van der Waals surface area contributed by atoms with Gasteiger partial charge < -0.3 is 14.7 Å². The van der Waals surface area contributed by atoms with Gasteiger partial charge in [-0.2, -0.15) is 0 Å². The largest absolute Gasteiger partial charge is 0.486 e. The number of fused-ring (bicyclic) bond motifs is 1. The Hall–Kier alpha value is -0.780. The van der Waals surface area contributed by atoms with Crippen LogP contribution in [0, 0.1) is 0 Å². The fourth-order valence-corrected chi connectivity index (χ4v) is 1.85. The Balaban J connectivity index is 2.43. The maximum absolute atomic E-state index is 8.68. The summed E-state index contributed by atoms with van der Waals surface area (Å²) < 4.78 is 11.8. The highest BCUT2D eigenvalue weighted by atomic mass is 79.9. The summed E-state index contributed by atoms with van der Waals surface area (Å²) in [7, 11) is 0. The monoisotopic (exact) mass is 259 g/mol. The number of hydrogen-bond acceptors (Lipinski definition) is 4. The van der Waals surface area contributed by atoms with Gasteiger partial charge in [0.15, 0.2) is 11.5 Å². The van der Waals surface area contributed by atoms with Crippen LogP contribution < -0.4 is 15.0 Å². The van der Waals surface area contributed by atoms with Crippen molar-refractivity contribution in [2.75, 3.05) is 13.2 Å². The zero-order chi connectivity index (χ0) is 9.97. The van der Waals surface area contributed by atoms with Crippen LogP contribution in [0.3, 0.4) is 0 Å². The normalized spacial score (nSPS) is 14.1. The van der Waals surface area contributed by atoms with E-state index in [0.717, 1.165) is 15.8 Å². The van der Waals surface area contributed by atoms with E-state index in [1.165, 1.54) is 0 Å². The molecule has 0 saturated carbocycles. The van der Waals surface area contributed by atoms with E-state index >= 15 is 0 Å². The zero-order valence-corrected chi connectivity index (χ0v) is 9.00. The molecule has 14 heavy (non-hydrogen) atoms. The van der Waals surface area contributed by atoms with Gasteiger partial charge in [0.05, 0.1) is 6.54 Å². The molecule has 1 aromatic carbocycles. The van der Waals surface area contributed by atoms with Crippen molar-refractivity contribution >= 4 is 15.9 Å². The van der Waals surface area contributed by atoms with Crippen LogP contribution in [0.15, 0.2) is 16.6 Å². The highest BCUT2D eigenvalue weighted by Gasteiger charge is 2.17. The molecule has 0 aromatic heterocycles. The molecule has 0 atom stereocenters. The second-order valence-corrected chi connectivity index (χ2v) is 3.74. The number of hydrogen-bond donors (Lipinski definition) is 2. The van der Waals surface area contributed by atoms with Gasteiger partial charge in [-0.05, 0) is 12.1 Å². The number of ether oxygens (including phenoxy) is 2. The van der Waals surface area contributed by atoms with Crippen LogP contribution >= 0.6 is 15.9 Å². The molecule has 0 saturated heterocycles. The molecule has 2 rings (SSSR count). The van der Waals surface area contributed by atoms with Gasteiger partial charge in [0.2, 0.25) is 0 Å². The summed E-state index contributed by atoms with van der Waals surface area (Å²) in [4.78, 5) is 0. The van der Waals surface area contributed by atoms with Crippen molar-refractivity contribution in [3.63, 3.8) is 0 Å². The first-order valence-corrected chi connectivity index (χ1v) is 5.06. The minimum Gasteiger partial charge on any atom is -0.486 e. The van der Waals surface area contributed by atoms with Gasteiger partial charge in [-0.25, -0.2) is 5.48 Å². The van der Waals surface area contributed by atoms with Gasteiger partial charge in [0.1, 0.15) is 13.2 Å². The van der Waals surface area contributed by atoms with Gasteiger partial charge in [0.25, 0.3) is 0 Å². The van der Waals surface area contributed by atoms with Crippen molar-refractivity contribution in [2.24, 2.45) is 0 Å². The van der Waals surface area contributed by atoms with Gasteiger partial charge in [-0.3, -0.25) is 0 Å². The topological polar surface area (TPSA) is 50.7 Å². The Morgan fingerprint density at radius 1 is 1.36 bits per heavy atom. The van der Waals surface area contributed by atoms with E-state index in [1.54, 1.807) is 0 Å². The maximum atomic E-state index is 8.68. The number of nitrogens with one attached hydrogen (secondary N) is 1. The Bertz CT molecular complexity index is 343. The fraction of sp³-hybridized carbons (Fsp3) is 0.333. The maximum Gasteiger partial charge on any atom is 0.167 e. The standard InChI is InChI=1S/C9H10BrNO3/c10-7-1-2-8-9(6(7)5-11-12)14-4-3-13-8/h1-2,11-12H,3-5H2. The Morgan fingerprint density at radius 3 is 2.93 bits per heavy atom. The van der Waals surface area contributed by atoms with Crippen LogP contribution in [-0.2, 0) is 6.54 Å². The minimum absolute atomic E-state index is 0.327. The van der Waals surface area contributed by atoms with Crippen molar-refractivity contribution in [3.05, 3.63) is 22.2 Å². The molecule has 0 amide bonds. The van der Waals surface area contributed by atoms with E-state index in [4.69, 9.17) is 14.7 Å². The molecular weight excluding hydrogens is 250 g/mol. The summed E-state index contributed by atoms with van der Waals surface area (Å²) in [5.74, 6) is 1.43. The van der Waals surface area contributed by atoms with E-state index in [1.807, 2.05) is 12.1 Å². The Morgan fingerprint density at radius 2 is 2.14 bits per heavy atom. The first kappa shape index (κ1) is 9.76. The second-order valence-electron chi connectivity index (χ2n) is 2.89. The molecule has 1 heterocycles. The molecule has 0 unspecified atom stereocenters. The summed E-state index contributed by atoms with van der Waals surface area (Å²) >= 11 is 3.39. The lowest BCUT2D eigenvalue weighted by Gasteiger charge is -2.21. The van der Waals surface area contributed by atoms with Crippen molar-refractivity contribution < 1.29 is 14.7 Å². The lowest BCUT2D eigenvalue weighted by Crippen LogP contribution is -2.18. The molecule has 5 heteroatoms. The predicted octanol–water partition coefficient (Wildman–Crippen LogP) is 1.70. The third kappa shape index (κ3) is 1.70.